The summed E-state index contributed by atoms with van der Waals surface area (Å²) in [5.74, 6) is -0.481. The second-order valence-corrected chi connectivity index (χ2v) is 6.55. The van der Waals surface area contributed by atoms with Gasteiger partial charge >= 0.3 is 0 Å². The first-order valence-electron chi connectivity index (χ1n) is 4.73. The van der Waals surface area contributed by atoms with E-state index in [2.05, 4.69) is 15.9 Å². The largest absolute Gasteiger partial charge is 0.489 e. The van der Waals surface area contributed by atoms with E-state index < -0.39 is 15.7 Å². The minimum Gasteiger partial charge on any atom is -0.489 e. The lowest BCUT2D eigenvalue weighted by atomic mass is 10.3. The zero-order valence-corrected chi connectivity index (χ0v) is 11.1. The maximum absolute atomic E-state index is 13.2. The molecule has 0 fully saturated rings. The fraction of sp³-hybridized carbons (Fsp3) is 0.400. The van der Waals surface area contributed by atoms with Crippen LogP contribution in [0.1, 0.15) is 6.92 Å². The van der Waals surface area contributed by atoms with Crippen LogP contribution in [0.15, 0.2) is 22.7 Å². The number of hydrogen-bond donors (Lipinski definition) is 0. The Bertz CT molecular complexity index is 459. The van der Waals surface area contributed by atoms with Gasteiger partial charge in [-0.15, -0.1) is 0 Å². The fourth-order valence-corrected chi connectivity index (χ4v) is 1.98. The summed E-state index contributed by atoms with van der Waals surface area (Å²) in [5, 5.41) is 0. The Labute approximate surface area is 103 Å². The van der Waals surface area contributed by atoms with Gasteiger partial charge in [-0.1, -0.05) is 22.9 Å². The average Bonchev–Trinajstić information content (AvgIpc) is 2.23. The lowest BCUT2D eigenvalue weighted by molar-refractivity contribution is 0.322. The Morgan fingerprint density at radius 3 is 2.75 bits per heavy atom. The number of halogens is 2. The van der Waals surface area contributed by atoms with E-state index in [9.17, 15) is 12.8 Å². The monoisotopic (exact) mass is 310 g/mol. The van der Waals surface area contributed by atoms with E-state index in [1.807, 2.05) is 0 Å². The van der Waals surface area contributed by atoms with Crippen LogP contribution in [0.5, 0.6) is 5.75 Å². The summed E-state index contributed by atoms with van der Waals surface area (Å²) in [7, 11) is -3.07. The summed E-state index contributed by atoms with van der Waals surface area (Å²) in [6.45, 7) is 1.53. The molecule has 0 heterocycles. The highest BCUT2D eigenvalue weighted by Crippen LogP contribution is 2.22. The molecule has 1 aromatic carbocycles. The normalized spacial score (nSPS) is 11.4. The maximum Gasteiger partial charge on any atom is 0.165 e. The van der Waals surface area contributed by atoms with Gasteiger partial charge in [0.15, 0.2) is 21.4 Å². The molecular formula is C10H12BrFO3S. The van der Waals surface area contributed by atoms with Crippen molar-refractivity contribution < 1.29 is 17.5 Å². The molecule has 0 spiro atoms. The van der Waals surface area contributed by atoms with Gasteiger partial charge in [0.25, 0.3) is 0 Å². The van der Waals surface area contributed by atoms with Crippen LogP contribution in [0.4, 0.5) is 4.39 Å². The second-order valence-electron chi connectivity index (χ2n) is 3.16. The molecule has 0 saturated heterocycles. The molecule has 3 nitrogen and oxygen atoms in total. The van der Waals surface area contributed by atoms with E-state index in [1.54, 1.807) is 13.0 Å². The number of rotatable bonds is 5. The molecule has 0 amide bonds. The Kier molecular flexibility index (Phi) is 4.73. The van der Waals surface area contributed by atoms with Gasteiger partial charge in [-0.25, -0.2) is 12.8 Å². The lowest BCUT2D eigenvalue weighted by Crippen LogP contribution is -2.15. The smallest absolute Gasteiger partial charge is 0.165 e. The fourth-order valence-electron chi connectivity index (χ4n) is 1.01. The van der Waals surface area contributed by atoms with Crippen LogP contribution < -0.4 is 4.74 Å². The zero-order chi connectivity index (χ0) is 12.2. The van der Waals surface area contributed by atoms with Gasteiger partial charge in [0.05, 0.1) is 5.75 Å². The van der Waals surface area contributed by atoms with E-state index in [-0.39, 0.29) is 23.9 Å². The number of ether oxygens (including phenoxy) is 1. The molecule has 0 aliphatic heterocycles. The van der Waals surface area contributed by atoms with Crippen LogP contribution in [0, 0.1) is 5.82 Å². The van der Waals surface area contributed by atoms with Gasteiger partial charge in [0.2, 0.25) is 0 Å². The standard InChI is InChI=1S/C10H12BrFO3S/c1-2-16(13,14)6-5-15-10-7-8(11)3-4-9(10)12/h3-4,7H,2,5-6H2,1H3. The van der Waals surface area contributed by atoms with Gasteiger partial charge < -0.3 is 4.74 Å². The molecule has 1 rings (SSSR count). The molecule has 0 N–H and O–H groups in total. The molecule has 0 aliphatic rings. The maximum atomic E-state index is 13.2. The van der Waals surface area contributed by atoms with Gasteiger partial charge in [0, 0.05) is 10.2 Å². The molecular weight excluding hydrogens is 299 g/mol. The summed E-state index contributed by atoms with van der Waals surface area (Å²) < 4.78 is 41.2. The second kappa shape index (κ2) is 5.63. The van der Waals surface area contributed by atoms with Crippen molar-refractivity contribution in [3.05, 3.63) is 28.5 Å². The summed E-state index contributed by atoms with van der Waals surface area (Å²) in [6, 6.07) is 4.27. The Morgan fingerprint density at radius 1 is 1.44 bits per heavy atom. The van der Waals surface area contributed by atoms with Crippen molar-refractivity contribution >= 4 is 25.8 Å². The summed E-state index contributed by atoms with van der Waals surface area (Å²) in [6.07, 6.45) is 0. The van der Waals surface area contributed by atoms with Crippen molar-refractivity contribution in [3.8, 4) is 5.75 Å². The quantitative estimate of drug-likeness (QED) is 0.839. The van der Waals surface area contributed by atoms with E-state index in [0.29, 0.717) is 4.47 Å². The van der Waals surface area contributed by atoms with Gasteiger partial charge in [0.1, 0.15) is 6.61 Å². The first-order valence-corrected chi connectivity index (χ1v) is 7.34. The first-order chi connectivity index (χ1) is 7.44. The molecule has 0 aromatic heterocycles. The number of benzene rings is 1. The highest BCUT2D eigenvalue weighted by molar-refractivity contribution is 9.10. The molecule has 0 radical (unpaired) electrons. The number of sulfone groups is 1. The van der Waals surface area contributed by atoms with Crippen LogP contribution >= 0.6 is 15.9 Å². The molecule has 0 aliphatic carbocycles. The first kappa shape index (κ1) is 13.4. The molecule has 0 saturated carbocycles. The third kappa shape index (κ3) is 4.09. The van der Waals surface area contributed by atoms with Crippen molar-refractivity contribution in [1.29, 1.82) is 0 Å². The molecule has 90 valence electrons. The van der Waals surface area contributed by atoms with Crippen molar-refractivity contribution in [2.45, 2.75) is 6.92 Å². The van der Waals surface area contributed by atoms with Gasteiger partial charge in [-0.05, 0) is 18.2 Å². The highest BCUT2D eigenvalue weighted by atomic mass is 79.9. The van der Waals surface area contributed by atoms with Crippen molar-refractivity contribution in [3.63, 3.8) is 0 Å². The van der Waals surface area contributed by atoms with E-state index in [4.69, 9.17) is 4.74 Å². The summed E-state index contributed by atoms with van der Waals surface area (Å²) in [5.41, 5.74) is 0. The zero-order valence-electron chi connectivity index (χ0n) is 8.74. The van der Waals surface area contributed by atoms with Crippen LogP contribution in [0.2, 0.25) is 0 Å². The van der Waals surface area contributed by atoms with Crippen LogP contribution in [-0.4, -0.2) is 26.5 Å². The molecule has 16 heavy (non-hydrogen) atoms. The van der Waals surface area contributed by atoms with Crippen molar-refractivity contribution in [1.82, 2.24) is 0 Å². The third-order valence-corrected chi connectivity index (χ3v) is 4.15. The van der Waals surface area contributed by atoms with E-state index in [1.165, 1.54) is 12.1 Å². The lowest BCUT2D eigenvalue weighted by Gasteiger charge is -2.07. The highest BCUT2D eigenvalue weighted by Gasteiger charge is 2.09. The predicted molar refractivity (Wildman–Crippen MR) is 63.9 cm³/mol. The van der Waals surface area contributed by atoms with Crippen LogP contribution in [-0.2, 0) is 9.84 Å². The van der Waals surface area contributed by atoms with E-state index >= 15 is 0 Å². The molecule has 1 aromatic rings. The molecule has 6 heteroatoms. The summed E-state index contributed by atoms with van der Waals surface area (Å²) in [4.78, 5) is 0. The van der Waals surface area contributed by atoms with Crippen LogP contribution in [0.25, 0.3) is 0 Å². The Morgan fingerprint density at radius 2 is 2.12 bits per heavy atom. The third-order valence-electron chi connectivity index (χ3n) is 1.98. The summed E-state index contributed by atoms with van der Waals surface area (Å²) >= 11 is 3.18. The van der Waals surface area contributed by atoms with E-state index in [0.717, 1.165) is 0 Å². The van der Waals surface area contributed by atoms with Crippen LogP contribution in [0.3, 0.4) is 0 Å². The molecule has 0 atom stereocenters. The van der Waals surface area contributed by atoms with Gasteiger partial charge in [-0.3, -0.25) is 0 Å². The van der Waals surface area contributed by atoms with Crippen molar-refractivity contribution in [2.75, 3.05) is 18.1 Å². The molecule has 0 bridgehead atoms. The van der Waals surface area contributed by atoms with Crippen molar-refractivity contribution in [2.24, 2.45) is 0 Å². The SMILES string of the molecule is CCS(=O)(=O)CCOc1cc(Br)ccc1F. The Balaban J connectivity index is 2.59. The topological polar surface area (TPSA) is 43.4 Å². The number of hydrogen-bond acceptors (Lipinski definition) is 3. The Hall–Kier alpha value is -0.620. The van der Waals surface area contributed by atoms with Gasteiger partial charge in [-0.2, -0.15) is 0 Å². The minimum absolute atomic E-state index is 0.0381. The minimum atomic E-state index is -3.07. The average molecular weight is 311 g/mol. The predicted octanol–water partition coefficient (Wildman–Crippen LogP) is 2.40. The molecule has 0 unspecified atom stereocenters.